The highest BCUT2D eigenvalue weighted by Gasteiger charge is 2.23. The van der Waals surface area contributed by atoms with Crippen molar-refractivity contribution in [1.82, 2.24) is 4.72 Å². The van der Waals surface area contributed by atoms with E-state index in [-0.39, 0.29) is 4.90 Å². The largest absolute Gasteiger partial charge is 0.494 e. The van der Waals surface area contributed by atoms with Gasteiger partial charge in [0.1, 0.15) is 10.6 Å². The topological polar surface area (TPSA) is 111 Å². The Morgan fingerprint density at radius 2 is 1.88 bits per heavy atom. The summed E-state index contributed by atoms with van der Waals surface area (Å²) in [5.74, 6) is -0.334. The number of rotatable bonds is 8. The lowest BCUT2D eigenvalue weighted by Gasteiger charge is -2.15. The highest BCUT2D eigenvalue weighted by molar-refractivity contribution is 7.89. The quantitative estimate of drug-likeness (QED) is 0.480. The molecule has 1 atom stereocenters. The number of nitrogens with one attached hydrogen (secondary N) is 2. The first-order chi connectivity index (χ1) is 15.1. The Hall–Kier alpha value is -2.95. The Kier molecular flexibility index (Phi) is 7.17. The number of carbonyl (C=O) groups is 2. The van der Waals surface area contributed by atoms with Gasteiger partial charge in [0, 0.05) is 10.4 Å². The van der Waals surface area contributed by atoms with E-state index in [2.05, 4.69) is 10.0 Å². The van der Waals surface area contributed by atoms with Crippen molar-refractivity contribution >= 4 is 49.0 Å². The number of amides is 1. The number of methoxy groups -OCH3 is 1. The summed E-state index contributed by atoms with van der Waals surface area (Å²) in [7, 11) is -2.60. The molecule has 3 rings (SSSR count). The Morgan fingerprint density at radius 1 is 1.12 bits per heavy atom. The number of hydrogen-bond acceptors (Lipinski definition) is 7. The molecule has 2 aromatic carbocycles. The SMILES string of the molecule is CCOc1ccc(S(=O)(=O)NC(C)C(=O)Nc2ccc3sc(C(=O)OC)cc3c2)cc1C. The van der Waals surface area contributed by atoms with Crippen LogP contribution in [0.3, 0.4) is 0 Å². The lowest BCUT2D eigenvalue weighted by atomic mass is 10.2. The molecule has 0 saturated heterocycles. The maximum atomic E-state index is 12.7. The van der Waals surface area contributed by atoms with Crippen molar-refractivity contribution in [2.24, 2.45) is 0 Å². The first-order valence-corrected chi connectivity index (χ1v) is 12.1. The summed E-state index contributed by atoms with van der Waals surface area (Å²) in [6.45, 7) is 5.54. The van der Waals surface area contributed by atoms with E-state index in [1.54, 1.807) is 37.3 Å². The molecule has 10 heteroatoms. The molecule has 8 nitrogen and oxygen atoms in total. The van der Waals surface area contributed by atoms with Crippen LogP contribution >= 0.6 is 11.3 Å². The van der Waals surface area contributed by atoms with Crippen LogP contribution in [0.25, 0.3) is 10.1 Å². The maximum Gasteiger partial charge on any atom is 0.348 e. The Labute approximate surface area is 190 Å². The molecule has 0 aliphatic rings. The highest BCUT2D eigenvalue weighted by atomic mass is 32.2. The van der Waals surface area contributed by atoms with Crippen LogP contribution in [0.4, 0.5) is 5.69 Å². The van der Waals surface area contributed by atoms with Crippen molar-refractivity contribution in [2.75, 3.05) is 19.0 Å². The maximum absolute atomic E-state index is 12.7. The normalized spacial score (nSPS) is 12.4. The van der Waals surface area contributed by atoms with Crippen LogP contribution in [0.15, 0.2) is 47.4 Å². The summed E-state index contributed by atoms with van der Waals surface area (Å²) in [6, 6.07) is 10.4. The van der Waals surface area contributed by atoms with Crippen molar-refractivity contribution < 1.29 is 27.5 Å². The molecule has 32 heavy (non-hydrogen) atoms. The van der Waals surface area contributed by atoms with Crippen molar-refractivity contribution in [3.8, 4) is 5.75 Å². The zero-order valence-electron chi connectivity index (χ0n) is 18.1. The molecule has 1 unspecified atom stereocenters. The standard InChI is InChI=1S/C22H24N2O6S2/c1-5-30-18-8-7-17(10-13(18)2)32(27,28)24-14(3)21(25)23-16-6-9-19-15(11-16)12-20(31-19)22(26)29-4/h6-12,14,24H,5H2,1-4H3,(H,23,25). The zero-order valence-corrected chi connectivity index (χ0v) is 19.7. The van der Waals surface area contributed by atoms with Crippen molar-refractivity contribution in [3.05, 3.63) is 52.9 Å². The lowest BCUT2D eigenvalue weighted by Crippen LogP contribution is -2.41. The summed E-state index contributed by atoms with van der Waals surface area (Å²) in [4.78, 5) is 24.8. The fraction of sp³-hybridized carbons (Fsp3) is 0.273. The minimum atomic E-state index is -3.91. The summed E-state index contributed by atoms with van der Waals surface area (Å²) in [6.07, 6.45) is 0. The number of thiophene rings is 1. The number of sulfonamides is 1. The Morgan fingerprint density at radius 3 is 2.53 bits per heavy atom. The van der Waals surface area contributed by atoms with E-state index in [1.807, 2.05) is 6.92 Å². The van der Waals surface area contributed by atoms with Gasteiger partial charge in [-0.1, -0.05) is 0 Å². The van der Waals surface area contributed by atoms with E-state index < -0.39 is 27.9 Å². The van der Waals surface area contributed by atoms with E-state index in [1.165, 1.54) is 37.5 Å². The van der Waals surface area contributed by atoms with Crippen LogP contribution in [0.1, 0.15) is 29.1 Å². The monoisotopic (exact) mass is 476 g/mol. The smallest absolute Gasteiger partial charge is 0.348 e. The fourth-order valence-electron chi connectivity index (χ4n) is 3.03. The number of benzene rings is 2. The third-order valence-corrected chi connectivity index (χ3v) is 7.29. The molecule has 0 bridgehead atoms. The summed E-state index contributed by atoms with van der Waals surface area (Å²) >= 11 is 1.29. The van der Waals surface area contributed by atoms with Crippen LogP contribution in [0, 0.1) is 6.92 Å². The second-order valence-corrected chi connectivity index (χ2v) is 9.85. The second kappa shape index (κ2) is 9.68. The minimum Gasteiger partial charge on any atom is -0.494 e. The predicted octanol–water partition coefficient (Wildman–Crippen LogP) is 3.70. The van der Waals surface area contributed by atoms with Crippen LogP contribution in [-0.4, -0.2) is 40.1 Å². The number of fused-ring (bicyclic) bond motifs is 1. The average Bonchev–Trinajstić information content (AvgIpc) is 3.17. The summed E-state index contributed by atoms with van der Waals surface area (Å²) in [5.41, 5.74) is 1.17. The number of aryl methyl sites for hydroxylation is 1. The van der Waals surface area contributed by atoms with Gasteiger partial charge in [0.2, 0.25) is 15.9 Å². The Bertz CT molecular complexity index is 1270. The third kappa shape index (κ3) is 5.26. The summed E-state index contributed by atoms with van der Waals surface area (Å²) in [5, 5.41) is 3.47. The van der Waals surface area contributed by atoms with Gasteiger partial charge in [0.05, 0.1) is 24.7 Å². The van der Waals surface area contributed by atoms with Crippen LogP contribution in [-0.2, 0) is 19.6 Å². The van der Waals surface area contributed by atoms with Gasteiger partial charge in [-0.25, -0.2) is 13.2 Å². The molecule has 0 radical (unpaired) electrons. The number of hydrogen-bond donors (Lipinski definition) is 2. The third-order valence-electron chi connectivity index (χ3n) is 4.65. The molecule has 0 fully saturated rings. The average molecular weight is 477 g/mol. The highest BCUT2D eigenvalue weighted by Crippen LogP contribution is 2.29. The first-order valence-electron chi connectivity index (χ1n) is 9.83. The Balaban J connectivity index is 1.71. The van der Waals surface area contributed by atoms with Crippen molar-refractivity contribution in [1.29, 1.82) is 0 Å². The van der Waals surface area contributed by atoms with Crippen LogP contribution < -0.4 is 14.8 Å². The number of ether oxygens (including phenoxy) is 2. The van der Waals surface area contributed by atoms with Crippen LogP contribution in [0.2, 0.25) is 0 Å². The van der Waals surface area contributed by atoms with E-state index in [4.69, 9.17) is 9.47 Å². The summed E-state index contributed by atoms with van der Waals surface area (Å²) < 4.78 is 38.9. The van der Waals surface area contributed by atoms with Crippen molar-refractivity contribution in [2.45, 2.75) is 31.7 Å². The van der Waals surface area contributed by atoms with Gasteiger partial charge in [-0.15, -0.1) is 11.3 Å². The molecule has 0 aliphatic heterocycles. The molecule has 0 spiro atoms. The van der Waals surface area contributed by atoms with E-state index in [0.29, 0.717) is 28.5 Å². The molecular weight excluding hydrogens is 452 g/mol. The lowest BCUT2D eigenvalue weighted by molar-refractivity contribution is -0.117. The number of esters is 1. The van der Waals surface area contributed by atoms with E-state index in [0.717, 1.165) is 10.1 Å². The van der Waals surface area contributed by atoms with Gasteiger partial charge < -0.3 is 14.8 Å². The zero-order chi connectivity index (χ0) is 23.5. The molecule has 1 aromatic heterocycles. The minimum absolute atomic E-state index is 0.0492. The molecule has 170 valence electrons. The van der Waals surface area contributed by atoms with Crippen molar-refractivity contribution in [3.63, 3.8) is 0 Å². The molecule has 1 amide bonds. The van der Waals surface area contributed by atoms with Gasteiger partial charge in [-0.2, -0.15) is 4.72 Å². The molecule has 3 aromatic rings. The molecule has 1 heterocycles. The van der Waals surface area contributed by atoms with Gasteiger partial charge in [0.25, 0.3) is 0 Å². The number of carbonyl (C=O) groups excluding carboxylic acids is 2. The predicted molar refractivity (Wildman–Crippen MR) is 124 cm³/mol. The van der Waals surface area contributed by atoms with Gasteiger partial charge in [-0.05, 0) is 74.2 Å². The van der Waals surface area contributed by atoms with Gasteiger partial charge in [0.15, 0.2) is 0 Å². The molecular formula is C22H24N2O6S2. The molecule has 0 saturated carbocycles. The number of anilines is 1. The molecule has 2 N–H and O–H groups in total. The first kappa shape index (κ1) is 23.7. The van der Waals surface area contributed by atoms with Crippen LogP contribution in [0.5, 0.6) is 5.75 Å². The van der Waals surface area contributed by atoms with Gasteiger partial charge in [-0.3, -0.25) is 4.79 Å². The second-order valence-electron chi connectivity index (χ2n) is 7.05. The van der Waals surface area contributed by atoms with E-state index in [9.17, 15) is 18.0 Å². The van der Waals surface area contributed by atoms with E-state index >= 15 is 0 Å². The van der Waals surface area contributed by atoms with Gasteiger partial charge >= 0.3 is 5.97 Å². The molecule has 0 aliphatic carbocycles. The fourth-order valence-corrected chi connectivity index (χ4v) is 5.28.